The highest BCUT2D eigenvalue weighted by Crippen LogP contribution is 2.14. The van der Waals surface area contributed by atoms with E-state index in [9.17, 15) is 0 Å². The van der Waals surface area contributed by atoms with Gasteiger partial charge in [0.25, 0.3) is 0 Å². The van der Waals surface area contributed by atoms with Crippen LogP contribution in [0.1, 0.15) is 25.7 Å². The van der Waals surface area contributed by atoms with Crippen LogP contribution in [0.3, 0.4) is 0 Å². The van der Waals surface area contributed by atoms with E-state index in [4.69, 9.17) is 11.6 Å². The second kappa shape index (κ2) is 4.56. The van der Waals surface area contributed by atoms with Crippen LogP contribution in [0.15, 0.2) is 23.8 Å². The Morgan fingerprint density at radius 1 is 1.40 bits per heavy atom. The van der Waals surface area contributed by atoms with Crippen LogP contribution < -0.4 is 0 Å². The molecule has 1 aliphatic carbocycles. The molecule has 1 aliphatic rings. The van der Waals surface area contributed by atoms with Crippen LogP contribution in [0.4, 0.5) is 0 Å². The lowest BCUT2D eigenvalue weighted by molar-refractivity contribution is 0.899. The van der Waals surface area contributed by atoms with Gasteiger partial charge >= 0.3 is 0 Å². The van der Waals surface area contributed by atoms with E-state index in [1.165, 1.54) is 18.4 Å². The van der Waals surface area contributed by atoms with Gasteiger partial charge in [0.1, 0.15) is 0 Å². The minimum absolute atomic E-state index is 0.783. The molecule has 0 aromatic rings. The molecule has 1 rings (SSSR count). The van der Waals surface area contributed by atoms with Gasteiger partial charge in [0.2, 0.25) is 0 Å². The Balaban J connectivity index is 2.26. The number of alkyl halides is 1. The number of hydrogen-bond donors (Lipinski definition) is 0. The van der Waals surface area contributed by atoms with Gasteiger partial charge in [-0.2, -0.15) is 0 Å². The third-order valence-electron chi connectivity index (χ3n) is 1.67. The van der Waals surface area contributed by atoms with E-state index in [1.807, 2.05) is 0 Å². The Labute approximate surface area is 67.6 Å². The van der Waals surface area contributed by atoms with Gasteiger partial charge in [0, 0.05) is 5.88 Å². The maximum Gasteiger partial charge on any atom is 0.0226 e. The average molecular weight is 157 g/mol. The Bertz CT molecular complexity index is 145. The molecule has 0 saturated carbocycles. The molecule has 56 valence electrons. The highest BCUT2D eigenvalue weighted by molar-refractivity contribution is 6.17. The van der Waals surface area contributed by atoms with Crippen molar-refractivity contribution in [2.75, 3.05) is 5.88 Å². The molecule has 0 fully saturated rings. The molecule has 0 N–H and O–H groups in total. The molecule has 0 nitrogen and oxygen atoms in total. The molecule has 0 saturated heterocycles. The summed E-state index contributed by atoms with van der Waals surface area (Å²) in [5, 5.41) is 0. The Morgan fingerprint density at radius 2 is 2.30 bits per heavy atom. The summed E-state index contributed by atoms with van der Waals surface area (Å²) in [4.78, 5) is 0. The zero-order chi connectivity index (χ0) is 7.23. The quantitative estimate of drug-likeness (QED) is 0.551. The van der Waals surface area contributed by atoms with Crippen molar-refractivity contribution in [2.24, 2.45) is 0 Å². The molecule has 1 heteroatoms. The summed E-state index contributed by atoms with van der Waals surface area (Å²) >= 11 is 5.57. The monoisotopic (exact) mass is 156 g/mol. The first-order valence-corrected chi connectivity index (χ1v) is 4.38. The molecule has 0 amide bonds. The molecule has 0 aromatic carbocycles. The Kier molecular flexibility index (Phi) is 3.59. The first-order valence-electron chi connectivity index (χ1n) is 3.85. The zero-order valence-corrected chi connectivity index (χ0v) is 6.90. The van der Waals surface area contributed by atoms with E-state index in [2.05, 4.69) is 18.2 Å². The molecule has 0 aliphatic heterocycles. The van der Waals surface area contributed by atoms with Crippen molar-refractivity contribution in [3.63, 3.8) is 0 Å². The lowest BCUT2D eigenvalue weighted by Gasteiger charge is -2.04. The van der Waals surface area contributed by atoms with Crippen LogP contribution in [0.2, 0.25) is 0 Å². The number of rotatable bonds is 3. The molecular weight excluding hydrogens is 144 g/mol. The van der Waals surface area contributed by atoms with Crippen molar-refractivity contribution in [2.45, 2.75) is 25.7 Å². The van der Waals surface area contributed by atoms with Crippen LogP contribution >= 0.6 is 11.6 Å². The lowest BCUT2D eigenvalue weighted by Crippen LogP contribution is -1.85. The summed E-state index contributed by atoms with van der Waals surface area (Å²) < 4.78 is 0. The predicted octanol–water partition coefficient (Wildman–Crippen LogP) is 3.28. The summed E-state index contributed by atoms with van der Waals surface area (Å²) in [7, 11) is 0. The number of allylic oxidation sites excluding steroid dienone is 4. The molecule has 0 spiro atoms. The van der Waals surface area contributed by atoms with Crippen LogP contribution in [-0.2, 0) is 0 Å². The summed E-state index contributed by atoms with van der Waals surface area (Å²) in [6, 6.07) is 0. The third-order valence-corrected chi connectivity index (χ3v) is 1.94. The van der Waals surface area contributed by atoms with Gasteiger partial charge in [-0.1, -0.05) is 23.8 Å². The van der Waals surface area contributed by atoms with Gasteiger partial charge in [-0.25, -0.2) is 0 Å². The number of hydrogen-bond acceptors (Lipinski definition) is 0. The topological polar surface area (TPSA) is 0 Å². The highest BCUT2D eigenvalue weighted by atomic mass is 35.5. The van der Waals surface area contributed by atoms with Crippen molar-refractivity contribution in [3.05, 3.63) is 23.8 Å². The van der Waals surface area contributed by atoms with Gasteiger partial charge in [-0.05, 0) is 25.7 Å². The molecule has 0 bridgehead atoms. The van der Waals surface area contributed by atoms with Crippen molar-refractivity contribution < 1.29 is 0 Å². The van der Waals surface area contributed by atoms with Gasteiger partial charge < -0.3 is 0 Å². The SMILES string of the molecule is ClCCCC1=CCCC=C1. The summed E-state index contributed by atoms with van der Waals surface area (Å²) in [5.41, 5.74) is 1.46. The van der Waals surface area contributed by atoms with Crippen molar-refractivity contribution >= 4 is 11.6 Å². The van der Waals surface area contributed by atoms with Gasteiger partial charge in [0.15, 0.2) is 0 Å². The minimum Gasteiger partial charge on any atom is -0.127 e. The summed E-state index contributed by atoms with van der Waals surface area (Å²) in [6.45, 7) is 0. The zero-order valence-electron chi connectivity index (χ0n) is 6.15. The van der Waals surface area contributed by atoms with E-state index in [0.29, 0.717) is 0 Å². The fourth-order valence-electron chi connectivity index (χ4n) is 1.12. The first kappa shape index (κ1) is 7.87. The first-order chi connectivity index (χ1) is 4.93. The van der Waals surface area contributed by atoms with Crippen LogP contribution in [0.5, 0.6) is 0 Å². The maximum absolute atomic E-state index is 5.57. The van der Waals surface area contributed by atoms with E-state index in [-0.39, 0.29) is 0 Å². The lowest BCUT2D eigenvalue weighted by atomic mass is 10.0. The molecule has 10 heavy (non-hydrogen) atoms. The second-order valence-corrected chi connectivity index (χ2v) is 2.93. The molecule has 0 unspecified atom stereocenters. The molecule has 0 atom stereocenters. The fraction of sp³-hybridized carbons (Fsp3) is 0.556. The van der Waals surface area contributed by atoms with Crippen LogP contribution in [0.25, 0.3) is 0 Å². The maximum atomic E-state index is 5.57. The fourth-order valence-corrected chi connectivity index (χ4v) is 1.26. The van der Waals surface area contributed by atoms with Crippen molar-refractivity contribution in [1.29, 1.82) is 0 Å². The van der Waals surface area contributed by atoms with Gasteiger partial charge in [-0.3, -0.25) is 0 Å². The number of halogens is 1. The molecule has 0 radical (unpaired) electrons. The summed E-state index contributed by atoms with van der Waals surface area (Å²) in [6.07, 6.45) is 11.5. The normalized spacial score (nSPS) is 17.1. The van der Waals surface area contributed by atoms with Crippen molar-refractivity contribution in [3.8, 4) is 0 Å². The van der Waals surface area contributed by atoms with Gasteiger partial charge in [0.05, 0.1) is 0 Å². The Morgan fingerprint density at radius 3 is 2.90 bits per heavy atom. The van der Waals surface area contributed by atoms with E-state index < -0.39 is 0 Å². The van der Waals surface area contributed by atoms with E-state index in [1.54, 1.807) is 0 Å². The highest BCUT2D eigenvalue weighted by Gasteiger charge is 1.95. The van der Waals surface area contributed by atoms with Crippen LogP contribution in [-0.4, -0.2) is 5.88 Å². The standard InChI is InChI=1S/C9H13Cl/c10-8-4-7-9-5-2-1-3-6-9/h2,5-6H,1,3-4,7-8H2. The molecular formula is C9H13Cl. The van der Waals surface area contributed by atoms with E-state index >= 15 is 0 Å². The third kappa shape index (κ3) is 2.57. The average Bonchev–Trinajstić information content (AvgIpc) is 2.03. The molecule has 0 aromatic heterocycles. The largest absolute Gasteiger partial charge is 0.127 e. The van der Waals surface area contributed by atoms with Gasteiger partial charge in [-0.15, -0.1) is 11.6 Å². The predicted molar refractivity (Wildman–Crippen MR) is 46.4 cm³/mol. The smallest absolute Gasteiger partial charge is 0.0226 e. The molecule has 0 heterocycles. The van der Waals surface area contributed by atoms with Crippen molar-refractivity contribution in [1.82, 2.24) is 0 Å². The van der Waals surface area contributed by atoms with Crippen LogP contribution in [0, 0.1) is 0 Å². The minimum atomic E-state index is 0.783. The Hall–Kier alpha value is -0.230. The summed E-state index contributed by atoms with van der Waals surface area (Å²) in [5.74, 6) is 0.783. The van der Waals surface area contributed by atoms with E-state index in [0.717, 1.165) is 18.7 Å². The second-order valence-electron chi connectivity index (χ2n) is 2.55.